The monoisotopic (exact) mass is 448 g/mol. The molecule has 0 amide bonds. The van der Waals surface area contributed by atoms with Gasteiger partial charge in [0.1, 0.15) is 5.78 Å². The van der Waals surface area contributed by atoms with Crippen molar-refractivity contribution >= 4 is 5.78 Å². The third kappa shape index (κ3) is 2.86. The molecule has 4 N–H and O–H groups in total. The molecule has 0 aromatic rings. The zero-order valence-corrected chi connectivity index (χ0v) is 20.5. The van der Waals surface area contributed by atoms with Crippen molar-refractivity contribution in [2.45, 2.75) is 103 Å². The maximum Gasteiger partial charge on any atom is 0.143 e. The Morgan fingerprint density at radius 1 is 0.969 bits per heavy atom. The number of fused-ring (bicyclic) bond motifs is 7. The Kier molecular flexibility index (Phi) is 5.27. The van der Waals surface area contributed by atoms with Crippen molar-refractivity contribution in [2.75, 3.05) is 0 Å². The van der Waals surface area contributed by atoms with Crippen molar-refractivity contribution in [1.82, 2.24) is 0 Å². The van der Waals surface area contributed by atoms with Gasteiger partial charge in [0.05, 0.1) is 29.8 Å². The van der Waals surface area contributed by atoms with E-state index in [1.54, 1.807) is 0 Å². The molecule has 0 aliphatic heterocycles. The fraction of sp³-hybridized carbons (Fsp3) is 0.963. The average molecular weight is 449 g/mol. The van der Waals surface area contributed by atoms with Crippen molar-refractivity contribution in [3.05, 3.63) is 0 Å². The van der Waals surface area contributed by atoms with Gasteiger partial charge in [0.25, 0.3) is 0 Å². The van der Waals surface area contributed by atoms with E-state index in [0.29, 0.717) is 25.2 Å². The first-order valence-electron chi connectivity index (χ1n) is 13.2. The maximum absolute atomic E-state index is 14.2. The molecule has 5 rings (SSSR count). The molecule has 0 saturated heterocycles. The summed E-state index contributed by atoms with van der Waals surface area (Å²) in [5.41, 5.74) is -1.35. The first kappa shape index (κ1) is 23.3. The molecule has 5 heteroatoms. The Morgan fingerprint density at radius 3 is 2.28 bits per heavy atom. The lowest BCUT2D eigenvalue weighted by molar-refractivity contribution is -0.221. The second-order valence-electron chi connectivity index (χ2n) is 13.5. The van der Waals surface area contributed by atoms with Crippen LogP contribution in [0.25, 0.3) is 0 Å². The van der Waals surface area contributed by atoms with Gasteiger partial charge in [-0.1, -0.05) is 34.6 Å². The number of carbonyl (C=O) groups excluding carboxylic acids is 1. The van der Waals surface area contributed by atoms with Gasteiger partial charge in [-0.2, -0.15) is 0 Å². The summed E-state index contributed by atoms with van der Waals surface area (Å²) in [6.07, 6.45) is 3.06. The van der Waals surface area contributed by atoms with Crippen LogP contribution in [0, 0.1) is 58.2 Å². The molecule has 32 heavy (non-hydrogen) atoms. The van der Waals surface area contributed by atoms with E-state index >= 15 is 0 Å². The molecule has 5 aliphatic carbocycles. The fourth-order valence-electron chi connectivity index (χ4n) is 10.4. The van der Waals surface area contributed by atoms with Crippen LogP contribution in [0.4, 0.5) is 0 Å². The lowest BCUT2D eigenvalue weighted by Gasteiger charge is -2.63. The molecule has 13 atom stereocenters. The lowest BCUT2D eigenvalue weighted by Crippen LogP contribution is -2.65. The predicted molar refractivity (Wildman–Crippen MR) is 121 cm³/mol. The molecule has 0 bridgehead atoms. The molecule has 5 nitrogen and oxygen atoms in total. The Labute approximate surface area is 193 Å². The Bertz CT molecular complexity index is 782. The molecule has 182 valence electrons. The van der Waals surface area contributed by atoms with Gasteiger partial charge >= 0.3 is 0 Å². The van der Waals surface area contributed by atoms with Crippen LogP contribution in [0.1, 0.15) is 79.6 Å². The molecule has 0 radical (unpaired) electrons. The van der Waals surface area contributed by atoms with Crippen LogP contribution in [0.5, 0.6) is 0 Å². The highest BCUT2D eigenvalue weighted by atomic mass is 16.3. The van der Waals surface area contributed by atoms with Crippen LogP contribution in [-0.2, 0) is 4.79 Å². The number of hydrogen-bond acceptors (Lipinski definition) is 5. The molecule has 3 unspecified atom stereocenters. The van der Waals surface area contributed by atoms with Crippen LogP contribution >= 0.6 is 0 Å². The van der Waals surface area contributed by atoms with Crippen LogP contribution in [0.2, 0.25) is 0 Å². The van der Waals surface area contributed by atoms with E-state index in [4.69, 9.17) is 0 Å². The molecule has 0 aromatic carbocycles. The summed E-state index contributed by atoms with van der Waals surface area (Å²) >= 11 is 0. The van der Waals surface area contributed by atoms with Crippen LogP contribution in [0.3, 0.4) is 0 Å². The minimum atomic E-state index is -0.954. The number of Topliss-reactive ketones (excluding diaryl/α,β-unsaturated/α-hetero) is 1. The summed E-state index contributed by atoms with van der Waals surface area (Å²) in [5.74, 6) is 0.0388. The van der Waals surface area contributed by atoms with Gasteiger partial charge < -0.3 is 20.4 Å². The molecule has 0 spiro atoms. The first-order chi connectivity index (χ1) is 14.8. The number of hydrogen-bond donors (Lipinski definition) is 4. The lowest BCUT2D eigenvalue weighted by atomic mass is 9.43. The molecule has 5 saturated carbocycles. The minimum Gasteiger partial charge on any atom is -0.393 e. The minimum absolute atomic E-state index is 0.125. The van der Waals surface area contributed by atoms with Crippen LogP contribution < -0.4 is 0 Å². The summed E-state index contributed by atoms with van der Waals surface area (Å²) in [4.78, 5) is 14.2. The second-order valence-corrected chi connectivity index (χ2v) is 13.5. The van der Waals surface area contributed by atoms with Crippen molar-refractivity contribution in [3.63, 3.8) is 0 Å². The van der Waals surface area contributed by atoms with Crippen molar-refractivity contribution < 1.29 is 25.2 Å². The molecular weight excluding hydrogens is 404 g/mol. The molecule has 0 aromatic heterocycles. The Balaban J connectivity index is 1.56. The van der Waals surface area contributed by atoms with E-state index in [1.165, 1.54) is 0 Å². The second kappa shape index (κ2) is 7.26. The van der Waals surface area contributed by atoms with Crippen LogP contribution in [0.15, 0.2) is 0 Å². The summed E-state index contributed by atoms with van der Waals surface area (Å²) in [6, 6.07) is 0. The smallest absolute Gasteiger partial charge is 0.143 e. The zero-order valence-electron chi connectivity index (χ0n) is 20.5. The number of aliphatic hydroxyl groups excluding tert-OH is 3. The summed E-state index contributed by atoms with van der Waals surface area (Å²) in [6.45, 7) is 10.9. The standard InChI is InChI=1S/C27H44O5/c1-13(2)11-27(32)12-14(3)19-21(27)24(31)20-18-16(7-9-26(19,20)5)25(4)8-6-15(28)10-17(25)22(29)23(18)30/h13-23,28-30,32H,6-12H2,1-5H3/t14-,15-,16?,17-,18?,19+,20+,21-,22-,23?,25-,26-,27+/m1/s1. The van der Waals surface area contributed by atoms with Crippen LogP contribution in [-0.4, -0.2) is 50.1 Å². The van der Waals surface area contributed by atoms with Gasteiger partial charge in [-0.15, -0.1) is 0 Å². The highest BCUT2D eigenvalue weighted by Gasteiger charge is 2.73. The average Bonchev–Trinajstić information content (AvgIpc) is 3.10. The summed E-state index contributed by atoms with van der Waals surface area (Å²) in [5, 5.41) is 44.7. The van der Waals surface area contributed by atoms with E-state index < -0.39 is 23.9 Å². The largest absolute Gasteiger partial charge is 0.393 e. The normalized spacial score (nSPS) is 59.5. The van der Waals surface area contributed by atoms with E-state index in [9.17, 15) is 25.2 Å². The van der Waals surface area contributed by atoms with Gasteiger partial charge in [-0.05, 0) is 85.4 Å². The van der Waals surface area contributed by atoms with Gasteiger partial charge in [0, 0.05) is 11.8 Å². The van der Waals surface area contributed by atoms with Gasteiger partial charge in [-0.25, -0.2) is 0 Å². The SMILES string of the molecule is CC(C)C[C@]1(O)C[C@@H](C)[C@H]2[C@@H]1C(=O)[C@@H]1C3C(O)[C@H](O)[C@H]4C[C@H](O)CC[C@]4(C)C3CC[C@]21C. The van der Waals surface area contributed by atoms with E-state index in [1.807, 2.05) is 0 Å². The molecule has 5 aliphatic rings. The van der Waals surface area contributed by atoms with Crippen molar-refractivity contribution in [3.8, 4) is 0 Å². The van der Waals surface area contributed by atoms with Gasteiger partial charge in [0.15, 0.2) is 0 Å². The van der Waals surface area contributed by atoms with Gasteiger partial charge in [-0.3, -0.25) is 4.79 Å². The molecule has 0 heterocycles. The highest BCUT2D eigenvalue weighted by molar-refractivity contribution is 5.89. The topological polar surface area (TPSA) is 98.0 Å². The number of rotatable bonds is 2. The summed E-state index contributed by atoms with van der Waals surface area (Å²) < 4.78 is 0. The summed E-state index contributed by atoms with van der Waals surface area (Å²) in [7, 11) is 0. The highest BCUT2D eigenvalue weighted by Crippen LogP contribution is 2.71. The zero-order chi connectivity index (χ0) is 23.4. The Hall–Kier alpha value is -0.490. The van der Waals surface area contributed by atoms with E-state index in [2.05, 4.69) is 34.6 Å². The number of aliphatic hydroxyl groups is 4. The first-order valence-corrected chi connectivity index (χ1v) is 13.2. The third-order valence-electron chi connectivity index (χ3n) is 11.3. The predicted octanol–water partition coefficient (Wildman–Crippen LogP) is 3.17. The maximum atomic E-state index is 14.2. The van der Waals surface area contributed by atoms with Gasteiger partial charge in [0.2, 0.25) is 0 Å². The third-order valence-corrected chi connectivity index (χ3v) is 11.3. The quantitative estimate of drug-likeness (QED) is 0.520. The molecule has 5 fully saturated rings. The number of ketones is 1. The van der Waals surface area contributed by atoms with Crippen molar-refractivity contribution in [1.29, 1.82) is 0 Å². The van der Waals surface area contributed by atoms with E-state index in [0.717, 1.165) is 25.7 Å². The van der Waals surface area contributed by atoms with E-state index in [-0.39, 0.29) is 58.0 Å². The Morgan fingerprint density at radius 2 is 1.62 bits per heavy atom. The fourth-order valence-corrected chi connectivity index (χ4v) is 10.4. The molecular formula is C27H44O5. The van der Waals surface area contributed by atoms with Crippen molar-refractivity contribution in [2.24, 2.45) is 58.2 Å². The number of carbonyl (C=O) groups is 1.